The average Bonchev–Trinajstić information content (AvgIpc) is 2.80. The first-order valence-corrected chi connectivity index (χ1v) is 5.47. The van der Waals surface area contributed by atoms with Crippen molar-refractivity contribution in [2.75, 3.05) is 0 Å². The van der Waals surface area contributed by atoms with Crippen LogP contribution in [0.5, 0.6) is 0 Å². The van der Waals surface area contributed by atoms with Crippen molar-refractivity contribution in [3.05, 3.63) is 18.0 Å². The van der Waals surface area contributed by atoms with E-state index in [4.69, 9.17) is 10.8 Å². The second-order valence-electron chi connectivity index (χ2n) is 3.93. The van der Waals surface area contributed by atoms with Crippen LogP contribution in [0.2, 0.25) is 0 Å². The number of amides is 3. The highest BCUT2D eigenvalue weighted by molar-refractivity contribution is 5.87. The van der Waals surface area contributed by atoms with E-state index in [-0.39, 0.29) is 6.04 Å². The molecule has 9 nitrogen and oxygen atoms in total. The minimum atomic E-state index is -1.35. The van der Waals surface area contributed by atoms with E-state index in [9.17, 15) is 14.4 Å². The molecule has 19 heavy (non-hydrogen) atoms. The zero-order valence-electron chi connectivity index (χ0n) is 10.2. The van der Waals surface area contributed by atoms with Gasteiger partial charge in [-0.2, -0.15) is 5.10 Å². The Bertz CT molecular complexity index is 458. The fraction of sp³-hybridized carbons (Fsp3) is 0.400. The number of carbonyl (C=O) groups is 3. The minimum absolute atomic E-state index is 0.359. The molecule has 1 unspecified atom stereocenters. The van der Waals surface area contributed by atoms with Crippen LogP contribution >= 0.6 is 0 Å². The molecule has 9 heteroatoms. The molecule has 6 N–H and O–H groups in total. The standard InChI is InChI=1S/C10H15N5O4/c1-5(6-3-12-13-4-6)14-10(19)15-7(9(17)18)2-8(11)16/h3-5,7H,2H2,1H3,(H2,11,16)(H,12,13)(H,17,18)(H2,14,15,19)/t5?,7-/m1/s1. The van der Waals surface area contributed by atoms with Crippen molar-refractivity contribution in [3.63, 3.8) is 0 Å². The Balaban J connectivity index is 2.53. The first-order chi connectivity index (χ1) is 8.90. The average molecular weight is 269 g/mol. The van der Waals surface area contributed by atoms with Crippen LogP contribution in [0.15, 0.2) is 12.4 Å². The first kappa shape index (κ1) is 14.5. The molecule has 0 aliphatic rings. The molecule has 0 spiro atoms. The van der Waals surface area contributed by atoms with E-state index in [2.05, 4.69) is 20.8 Å². The Hall–Kier alpha value is -2.58. The van der Waals surface area contributed by atoms with E-state index in [1.54, 1.807) is 13.1 Å². The van der Waals surface area contributed by atoms with Crippen molar-refractivity contribution in [1.29, 1.82) is 0 Å². The lowest BCUT2D eigenvalue weighted by molar-refractivity contribution is -0.140. The van der Waals surface area contributed by atoms with Crippen molar-refractivity contribution in [1.82, 2.24) is 20.8 Å². The second-order valence-corrected chi connectivity index (χ2v) is 3.93. The van der Waals surface area contributed by atoms with Gasteiger partial charge in [0.1, 0.15) is 6.04 Å². The number of nitrogens with two attached hydrogens (primary N) is 1. The van der Waals surface area contributed by atoms with Gasteiger partial charge in [0.15, 0.2) is 0 Å². The van der Waals surface area contributed by atoms with Gasteiger partial charge < -0.3 is 21.5 Å². The fourth-order valence-electron chi connectivity index (χ4n) is 1.38. The number of carboxylic acids is 1. The van der Waals surface area contributed by atoms with Gasteiger partial charge in [0.25, 0.3) is 0 Å². The molecule has 0 saturated heterocycles. The summed E-state index contributed by atoms with van der Waals surface area (Å²) in [5.74, 6) is -2.14. The van der Waals surface area contributed by atoms with Crippen molar-refractivity contribution >= 4 is 17.9 Å². The molecule has 2 atom stereocenters. The van der Waals surface area contributed by atoms with Gasteiger partial charge in [0, 0.05) is 11.8 Å². The Morgan fingerprint density at radius 1 is 1.47 bits per heavy atom. The molecule has 0 fully saturated rings. The summed E-state index contributed by atoms with van der Waals surface area (Å²) in [6, 6.07) is -2.42. The summed E-state index contributed by atoms with van der Waals surface area (Å²) in [5.41, 5.74) is 5.63. The maximum absolute atomic E-state index is 11.6. The summed E-state index contributed by atoms with van der Waals surface area (Å²) in [5, 5.41) is 19.8. The van der Waals surface area contributed by atoms with Crippen molar-refractivity contribution < 1.29 is 19.5 Å². The maximum atomic E-state index is 11.6. The van der Waals surface area contributed by atoms with Gasteiger partial charge in [-0.15, -0.1) is 0 Å². The summed E-state index contributed by atoms with van der Waals surface area (Å²) in [7, 11) is 0. The minimum Gasteiger partial charge on any atom is -0.480 e. The number of nitrogens with one attached hydrogen (secondary N) is 3. The number of nitrogens with zero attached hydrogens (tertiary/aromatic N) is 1. The summed E-state index contributed by atoms with van der Waals surface area (Å²) < 4.78 is 0. The highest BCUT2D eigenvalue weighted by Crippen LogP contribution is 2.08. The van der Waals surface area contributed by atoms with Gasteiger partial charge >= 0.3 is 12.0 Å². The van der Waals surface area contributed by atoms with E-state index in [0.717, 1.165) is 5.56 Å². The monoisotopic (exact) mass is 269 g/mol. The summed E-state index contributed by atoms with van der Waals surface area (Å²) >= 11 is 0. The Morgan fingerprint density at radius 3 is 2.63 bits per heavy atom. The number of carbonyl (C=O) groups excluding carboxylic acids is 2. The van der Waals surface area contributed by atoms with Crippen molar-refractivity contribution in [3.8, 4) is 0 Å². The number of aliphatic carboxylic acids is 1. The van der Waals surface area contributed by atoms with Gasteiger partial charge in [-0.05, 0) is 6.92 Å². The van der Waals surface area contributed by atoms with Gasteiger partial charge in [0.2, 0.25) is 5.91 Å². The smallest absolute Gasteiger partial charge is 0.326 e. The first-order valence-electron chi connectivity index (χ1n) is 5.47. The number of carboxylic acid groups (broad SMARTS) is 1. The fourth-order valence-corrected chi connectivity index (χ4v) is 1.38. The summed E-state index contributed by atoms with van der Waals surface area (Å²) in [4.78, 5) is 33.1. The largest absolute Gasteiger partial charge is 0.480 e. The lowest BCUT2D eigenvalue weighted by atomic mass is 10.2. The number of aromatic amines is 1. The Kier molecular flexibility index (Phi) is 4.86. The molecule has 0 radical (unpaired) electrons. The van der Waals surface area contributed by atoms with Crippen LogP contribution < -0.4 is 16.4 Å². The molecule has 3 amide bonds. The van der Waals surface area contributed by atoms with Crippen LogP contribution in [0.1, 0.15) is 24.9 Å². The molecule has 0 aliphatic carbocycles. The SMILES string of the molecule is CC(NC(=O)N[C@H](CC(N)=O)C(=O)O)c1cn[nH]c1. The zero-order valence-corrected chi connectivity index (χ0v) is 10.2. The molecule has 1 heterocycles. The number of hydrogen-bond donors (Lipinski definition) is 5. The van der Waals surface area contributed by atoms with Crippen molar-refractivity contribution in [2.45, 2.75) is 25.4 Å². The molecule has 1 aromatic heterocycles. The summed E-state index contributed by atoms with van der Waals surface area (Å²) in [6.07, 6.45) is 2.66. The predicted octanol–water partition coefficient (Wildman–Crippen LogP) is -0.901. The molecule has 104 valence electrons. The van der Waals surface area contributed by atoms with E-state index in [1.807, 2.05) is 0 Å². The topological polar surface area (TPSA) is 150 Å². The third-order valence-electron chi connectivity index (χ3n) is 2.38. The quantitative estimate of drug-likeness (QED) is 0.453. The molecule has 0 aliphatic heterocycles. The normalized spacial score (nSPS) is 13.3. The number of aromatic nitrogens is 2. The van der Waals surface area contributed by atoms with Gasteiger partial charge in [-0.25, -0.2) is 9.59 Å². The third kappa shape index (κ3) is 4.66. The molecule has 0 saturated carbocycles. The third-order valence-corrected chi connectivity index (χ3v) is 2.38. The van der Waals surface area contributed by atoms with E-state index in [1.165, 1.54) is 6.20 Å². The second kappa shape index (κ2) is 6.38. The molecule has 0 aromatic carbocycles. The van der Waals surface area contributed by atoms with E-state index < -0.39 is 30.4 Å². The molecular weight excluding hydrogens is 254 g/mol. The number of primary amides is 1. The molecule has 1 rings (SSSR count). The van der Waals surface area contributed by atoms with Crippen LogP contribution in [0.4, 0.5) is 4.79 Å². The predicted molar refractivity (Wildman–Crippen MR) is 63.9 cm³/mol. The number of H-pyrrole nitrogens is 1. The van der Waals surface area contributed by atoms with E-state index >= 15 is 0 Å². The van der Waals surface area contributed by atoms with Crippen molar-refractivity contribution in [2.24, 2.45) is 5.73 Å². The highest BCUT2D eigenvalue weighted by Gasteiger charge is 2.22. The summed E-state index contributed by atoms with van der Waals surface area (Å²) in [6.45, 7) is 1.70. The Morgan fingerprint density at radius 2 is 2.16 bits per heavy atom. The van der Waals surface area contributed by atoms with Gasteiger partial charge in [-0.1, -0.05) is 0 Å². The van der Waals surface area contributed by atoms with Crippen LogP contribution in [-0.2, 0) is 9.59 Å². The molecular formula is C10H15N5O4. The van der Waals surface area contributed by atoms with Gasteiger partial charge in [0.05, 0.1) is 18.7 Å². The van der Waals surface area contributed by atoms with Gasteiger partial charge in [-0.3, -0.25) is 9.89 Å². The lowest BCUT2D eigenvalue weighted by Gasteiger charge is -2.16. The zero-order chi connectivity index (χ0) is 14.4. The molecule has 1 aromatic rings. The lowest BCUT2D eigenvalue weighted by Crippen LogP contribution is -2.48. The number of urea groups is 1. The van der Waals surface area contributed by atoms with Crippen LogP contribution in [0, 0.1) is 0 Å². The highest BCUT2D eigenvalue weighted by atomic mass is 16.4. The number of hydrogen-bond acceptors (Lipinski definition) is 4. The van der Waals surface area contributed by atoms with Crippen LogP contribution in [0.3, 0.4) is 0 Å². The Labute approximate surface area is 108 Å². The van der Waals surface area contributed by atoms with E-state index in [0.29, 0.717) is 0 Å². The number of rotatable bonds is 6. The van der Waals surface area contributed by atoms with Crippen LogP contribution in [-0.4, -0.2) is 39.3 Å². The molecule has 0 bridgehead atoms. The van der Waals surface area contributed by atoms with Crippen LogP contribution in [0.25, 0.3) is 0 Å². The maximum Gasteiger partial charge on any atom is 0.326 e.